The van der Waals surface area contributed by atoms with E-state index in [9.17, 15) is 4.79 Å². The SMILES string of the molecule is CCCCN1C(=S)S[C@H](C(=O)Cc2cccc(C)c2)[C@H]1N. The molecule has 0 amide bonds. The van der Waals surface area contributed by atoms with Gasteiger partial charge >= 0.3 is 0 Å². The molecule has 0 aromatic heterocycles. The summed E-state index contributed by atoms with van der Waals surface area (Å²) in [4.78, 5) is 14.5. The lowest BCUT2D eigenvalue weighted by molar-refractivity contribution is -0.118. The molecule has 1 aliphatic rings. The number of benzene rings is 1. The molecule has 1 fully saturated rings. The van der Waals surface area contributed by atoms with Crippen molar-refractivity contribution in [3.8, 4) is 0 Å². The van der Waals surface area contributed by atoms with Crippen LogP contribution in [0.2, 0.25) is 0 Å². The third-order valence-corrected chi connectivity index (χ3v) is 5.42. The summed E-state index contributed by atoms with van der Waals surface area (Å²) in [6.07, 6.45) is 2.29. The largest absolute Gasteiger partial charge is 0.341 e. The molecule has 1 aromatic carbocycles. The second-order valence-corrected chi connectivity index (χ2v) is 7.25. The summed E-state index contributed by atoms with van der Waals surface area (Å²) in [5.41, 5.74) is 8.45. The molecule has 3 nitrogen and oxygen atoms in total. The third kappa shape index (κ3) is 4.05. The Hall–Kier alpha value is -0.910. The first kappa shape index (κ1) is 16.5. The molecule has 0 radical (unpaired) electrons. The maximum Gasteiger partial charge on any atom is 0.154 e. The van der Waals surface area contributed by atoms with E-state index in [4.69, 9.17) is 18.0 Å². The topological polar surface area (TPSA) is 46.3 Å². The van der Waals surface area contributed by atoms with Gasteiger partial charge in [0.1, 0.15) is 9.57 Å². The zero-order valence-corrected chi connectivity index (χ0v) is 14.2. The molecule has 1 aliphatic heterocycles. The highest BCUT2D eigenvalue weighted by atomic mass is 32.2. The van der Waals surface area contributed by atoms with Crippen molar-refractivity contribution in [1.29, 1.82) is 0 Å². The van der Waals surface area contributed by atoms with Crippen molar-refractivity contribution in [3.63, 3.8) is 0 Å². The van der Waals surface area contributed by atoms with E-state index in [1.54, 1.807) is 0 Å². The molecule has 0 spiro atoms. The summed E-state index contributed by atoms with van der Waals surface area (Å²) in [6.45, 7) is 5.02. The summed E-state index contributed by atoms with van der Waals surface area (Å²) in [6, 6.07) is 8.06. The predicted molar refractivity (Wildman–Crippen MR) is 93.5 cm³/mol. The van der Waals surface area contributed by atoms with E-state index in [-0.39, 0.29) is 17.2 Å². The molecule has 1 saturated heterocycles. The fourth-order valence-corrected chi connectivity index (χ4v) is 4.07. The maximum absolute atomic E-state index is 12.5. The number of Topliss-reactive ketones (excluding diaryl/α,β-unsaturated/α-hetero) is 1. The number of rotatable bonds is 6. The normalized spacial score (nSPS) is 21.9. The number of carbonyl (C=O) groups is 1. The Kier molecular flexibility index (Phi) is 5.79. The quantitative estimate of drug-likeness (QED) is 0.816. The highest BCUT2D eigenvalue weighted by Crippen LogP contribution is 2.31. The Bertz CT molecular complexity index is 533. The summed E-state index contributed by atoms with van der Waals surface area (Å²) in [5, 5.41) is -0.241. The maximum atomic E-state index is 12.5. The molecule has 5 heteroatoms. The first-order chi connectivity index (χ1) is 10.0. The Balaban J connectivity index is 2.01. The van der Waals surface area contributed by atoms with Gasteiger partial charge in [-0.05, 0) is 18.9 Å². The molecule has 114 valence electrons. The smallest absolute Gasteiger partial charge is 0.154 e. The lowest BCUT2D eigenvalue weighted by atomic mass is 10.0. The minimum absolute atomic E-state index is 0.166. The molecule has 2 rings (SSSR count). The van der Waals surface area contributed by atoms with Crippen LogP contribution in [0.3, 0.4) is 0 Å². The number of unbranched alkanes of at least 4 members (excludes halogenated alkanes) is 1. The average molecular weight is 322 g/mol. The molecule has 21 heavy (non-hydrogen) atoms. The predicted octanol–water partition coefficient (Wildman–Crippen LogP) is 2.89. The molecule has 0 unspecified atom stereocenters. The molecule has 2 atom stereocenters. The van der Waals surface area contributed by atoms with Crippen LogP contribution in [0.15, 0.2) is 24.3 Å². The van der Waals surface area contributed by atoms with Gasteiger partial charge in [0.25, 0.3) is 0 Å². The van der Waals surface area contributed by atoms with Crippen molar-refractivity contribution >= 4 is 34.1 Å². The molecule has 1 heterocycles. The van der Waals surface area contributed by atoms with Crippen molar-refractivity contribution in [1.82, 2.24) is 4.90 Å². The van der Waals surface area contributed by atoms with E-state index in [1.165, 1.54) is 17.3 Å². The highest BCUT2D eigenvalue weighted by molar-refractivity contribution is 8.24. The van der Waals surface area contributed by atoms with Gasteiger partial charge in [0, 0.05) is 13.0 Å². The summed E-state index contributed by atoms with van der Waals surface area (Å²) in [7, 11) is 0. The van der Waals surface area contributed by atoms with Crippen LogP contribution in [0.5, 0.6) is 0 Å². The van der Waals surface area contributed by atoms with E-state index in [0.717, 1.165) is 29.3 Å². The van der Waals surface area contributed by atoms with E-state index < -0.39 is 0 Å². The molecular weight excluding hydrogens is 300 g/mol. The Morgan fingerprint density at radius 1 is 1.48 bits per heavy atom. The van der Waals surface area contributed by atoms with E-state index in [2.05, 4.69) is 13.0 Å². The van der Waals surface area contributed by atoms with Crippen LogP contribution in [0.4, 0.5) is 0 Å². The van der Waals surface area contributed by atoms with Crippen molar-refractivity contribution < 1.29 is 4.79 Å². The van der Waals surface area contributed by atoms with Gasteiger partial charge in [0.05, 0.1) is 6.17 Å². The Morgan fingerprint density at radius 2 is 2.24 bits per heavy atom. The van der Waals surface area contributed by atoms with Crippen LogP contribution in [-0.4, -0.2) is 33.0 Å². The van der Waals surface area contributed by atoms with Gasteiger partial charge in [-0.3, -0.25) is 4.79 Å². The van der Waals surface area contributed by atoms with E-state index in [0.29, 0.717) is 6.42 Å². The van der Waals surface area contributed by atoms with E-state index >= 15 is 0 Å². The van der Waals surface area contributed by atoms with Crippen molar-refractivity contribution in [2.24, 2.45) is 5.73 Å². The number of nitrogens with two attached hydrogens (primary N) is 1. The number of hydrogen-bond donors (Lipinski definition) is 1. The van der Waals surface area contributed by atoms with Crippen LogP contribution < -0.4 is 5.73 Å². The van der Waals surface area contributed by atoms with Crippen molar-refractivity contribution in [2.45, 2.75) is 44.5 Å². The summed E-state index contributed by atoms with van der Waals surface area (Å²) < 4.78 is 0.763. The zero-order valence-electron chi connectivity index (χ0n) is 12.5. The lowest BCUT2D eigenvalue weighted by Crippen LogP contribution is -2.46. The van der Waals surface area contributed by atoms with Gasteiger partial charge in [0.2, 0.25) is 0 Å². The highest BCUT2D eigenvalue weighted by Gasteiger charge is 2.39. The fourth-order valence-electron chi connectivity index (χ4n) is 2.48. The monoisotopic (exact) mass is 322 g/mol. The van der Waals surface area contributed by atoms with Gasteiger partial charge in [-0.25, -0.2) is 0 Å². The number of carbonyl (C=O) groups excluding carboxylic acids is 1. The number of nitrogens with zero attached hydrogens (tertiary/aromatic N) is 1. The van der Waals surface area contributed by atoms with Crippen LogP contribution in [0, 0.1) is 6.92 Å². The number of thioether (sulfide) groups is 1. The second-order valence-electron chi connectivity index (χ2n) is 5.47. The number of thiocarbonyl (C=S) groups is 1. The van der Waals surface area contributed by atoms with E-state index in [1.807, 2.05) is 30.0 Å². The molecule has 1 aromatic rings. The number of ketones is 1. The van der Waals surface area contributed by atoms with Gasteiger partial charge in [0.15, 0.2) is 5.78 Å². The zero-order chi connectivity index (χ0) is 15.4. The first-order valence-corrected chi connectivity index (χ1v) is 8.62. The molecule has 0 aliphatic carbocycles. The average Bonchev–Trinajstić information content (AvgIpc) is 2.72. The van der Waals surface area contributed by atoms with Crippen LogP contribution in [-0.2, 0) is 11.2 Å². The van der Waals surface area contributed by atoms with Crippen LogP contribution >= 0.6 is 24.0 Å². The lowest BCUT2D eigenvalue weighted by Gasteiger charge is -2.24. The molecular formula is C16H22N2OS2. The third-order valence-electron chi connectivity index (χ3n) is 3.66. The minimum atomic E-state index is -0.286. The molecule has 0 bridgehead atoms. The minimum Gasteiger partial charge on any atom is -0.341 e. The van der Waals surface area contributed by atoms with Crippen LogP contribution in [0.25, 0.3) is 0 Å². The Labute approximate surface area is 136 Å². The molecule has 2 N–H and O–H groups in total. The fraction of sp³-hybridized carbons (Fsp3) is 0.500. The standard InChI is InChI=1S/C16H22N2OS2/c1-3-4-8-18-15(17)14(21-16(18)20)13(19)10-12-7-5-6-11(2)9-12/h5-7,9,14-15H,3-4,8,10,17H2,1-2H3/t14-,15+/m1/s1. The van der Waals surface area contributed by atoms with Crippen molar-refractivity contribution in [2.75, 3.05) is 6.54 Å². The first-order valence-electron chi connectivity index (χ1n) is 7.34. The van der Waals surface area contributed by atoms with Gasteiger partial charge in [-0.15, -0.1) is 0 Å². The number of aryl methyl sites for hydroxylation is 1. The second kappa shape index (κ2) is 7.38. The molecule has 0 saturated carbocycles. The Morgan fingerprint density at radius 3 is 2.90 bits per heavy atom. The van der Waals surface area contributed by atoms with Gasteiger partial charge in [-0.1, -0.05) is 67.2 Å². The van der Waals surface area contributed by atoms with Crippen LogP contribution in [0.1, 0.15) is 30.9 Å². The van der Waals surface area contributed by atoms with Crippen molar-refractivity contribution in [3.05, 3.63) is 35.4 Å². The van der Waals surface area contributed by atoms with Gasteiger partial charge in [-0.2, -0.15) is 0 Å². The summed E-state index contributed by atoms with van der Waals surface area (Å²) in [5.74, 6) is 0.166. The van der Waals surface area contributed by atoms with Gasteiger partial charge < -0.3 is 10.6 Å². The summed E-state index contributed by atoms with van der Waals surface area (Å²) >= 11 is 6.82. The number of hydrogen-bond acceptors (Lipinski definition) is 4.